The summed E-state index contributed by atoms with van der Waals surface area (Å²) in [4.78, 5) is 0. The molecule has 0 saturated heterocycles. The van der Waals surface area contributed by atoms with Gasteiger partial charge in [0.25, 0.3) is 0 Å². The van der Waals surface area contributed by atoms with Crippen LogP contribution in [0.4, 0.5) is 0 Å². The summed E-state index contributed by atoms with van der Waals surface area (Å²) in [5.74, 6) is 4.01. The van der Waals surface area contributed by atoms with Crippen LogP contribution < -0.4 is 9.47 Å². The second-order valence-electron chi connectivity index (χ2n) is 6.59. The molecule has 6 heteroatoms. The van der Waals surface area contributed by atoms with Crippen molar-refractivity contribution < 1.29 is 9.47 Å². The van der Waals surface area contributed by atoms with Crippen LogP contribution in [0.1, 0.15) is 24.6 Å². The van der Waals surface area contributed by atoms with Crippen molar-refractivity contribution in [3.63, 3.8) is 0 Å². The average molecular weight is 365 g/mol. The number of thioether (sulfide) groups is 1. The Morgan fingerprint density at radius 1 is 0.962 bits per heavy atom. The van der Waals surface area contributed by atoms with Crippen molar-refractivity contribution in [1.29, 1.82) is 0 Å². The Bertz CT molecular complexity index is 908. The molecule has 1 aliphatic carbocycles. The number of nitrogens with zero attached hydrogens (tertiary/aromatic N) is 3. The zero-order valence-electron chi connectivity index (χ0n) is 14.2. The first kappa shape index (κ1) is 15.8. The summed E-state index contributed by atoms with van der Waals surface area (Å²) in [5.41, 5.74) is 1.12. The zero-order valence-corrected chi connectivity index (χ0v) is 15.1. The Kier molecular flexibility index (Phi) is 4.05. The van der Waals surface area contributed by atoms with Gasteiger partial charge < -0.3 is 9.47 Å². The normalized spacial score (nSPS) is 18.7. The molecule has 0 bridgehead atoms. The van der Waals surface area contributed by atoms with Crippen molar-refractivity contribution in [1.82, 2.24) is 14.8 Å². The lowest BCUT2D eigenvalue weighted by atomic mass is 10.3. The molecule has 0 amide bonds. The third-order valence-electron chi connectivity index (χ3n) is 4.58. The molecule has 5 nitrogen and oxygen atoms in total. The maximum atomic E-state index is 6.06. The molecule has 0 N–H and O–H groups in total. The van der Waals surface area contributed by atoms with Crippen molar-refractivity contribution in [2.45, 2.75) is 30.0 Å². The molecule has 5 rings (SSSR count). The van der Waals surface area contributed by atoms with Gasteiger partial charge in [0.05, 0.1) is 0 Å². The van der Waals surface area contributed by atoms with Crippen molar-refractivity contribution in [2.24, 2.45) is 0 Å². The molecule has 2 aromatic carbocycles. The maximum Gasteiger partial charge on any atom is 0.195 e. The van der Waals surface area contributed by atoms with E-state index in [2.05, 4.69) is 39.0 Å². The van der Waals surface area contributed by atoms with E-state index in [4.69, 9.17) is 9.47 Å². The first-order chi connectivity index (χ1) is 12.9. The molecule has 26 heavy (non-hydrogen) atoms. The second kappa shape index (κ2) is 6.68. The van der Waals surface area contributed by atoms with Gasteiger partial charge in [0.1, 0.15) is 18.5 Å². The Morgan fingerprint density at radius 3 is 2.54 bits per heavy atom. The van der Waals surface area contributed by atoms with Crippen LogP contribution in [0.5, 0.6) is 11.5 Å². The van der Waals surface area contributed by atoms with Crippen molar-refractivity contribution in [3.05, 3.63) is 60.4 Å². The highest BCUT2D eigenvalue weighted by Gasteiger charge is 2.31. The average Bonchev–Trinajstić information content (AvgIpc) is 3.46. The lowest BCUT2D eigenvalue weighted by molar-refractivity contribution is 0.107. The summed E-state index contributed by atoms with van der Waals surface area (Å²) in [6.07, 6.45) is 2.40. The molecule has 132 valence electrons. The largest absolute Gasteiger partial charge is 0.486 e. The van der Waals surface area contributed by atoms with Gasteiger partial charge >= 0.3 is 0 Å². The number of ether oxygens (including phenoxy) is 2. The number of benzene rings is 2. The molecule has 0 radical (unpaired) electrons. The van der Waals surface area contributed by atoms with Crippen LogP contribution in [0.15, 0.2) is 59.8 Å². The van der Waals surface area contributed by atoms with E-state index >= 15 is 0 Å². The monoisotopic (exact) mass is 365 g/mol. The maximum absolute atomic E-state index is 6.06. The summed E-state index contributed by atoms with van der Waals surface area (Å²) in [7, 11) is 0. The lowest BCUT2D eigenvalue weighted by Gasteiger charge is -2.26. The molecule has 3 aromatic rings. The summed E-state index contributed by atoms with van der Waals surface area (Å²) >= 11 is 1.67. The van der Waals surface area contributed by atoms with E-state index in [1.165, 1.54) is 12.8 Å². The van der Waals surface area contributed by atoms with Crippen molar-refractivity contribution >= 4 is 11.8 Å². The van der Waals surface area contributed by atoms with Crippen LogP contribution in [0.25, 0.3) is 5.69 Å². The quantitative estimate of drug-likeness (QED) is 0.638. The van der Waals surface area contributed by atoms with Crippen LogP contribution in [0.3, 0.4) is 0 Å². The topological polar surface area (TPSA) is 49.2 Å². The number of fused-ring (bicyclic) bond motifs is 1. The van der Waals surface area contributed by atoms with E-state index in [0.717, 1.165) is 33.9 Å². The van der Waals surface area contributed by atoms with Gasteiger partial charge in [0, 0.05) is 17.4 Å². The SMILES string of the molecule is c1ccc(-n2c(SC[C@H]3COc4ccccc4O3)nnc2C2CC2)cc1. The first-order valence-electron chi connectivity index (χ1n) is 8.90. The van der Waals surface area contributed by atoms with Gasteiger partial charge in [0.2, 0.25) is 0 Å². The van der Waals surface area contributed by atoms with Crippen molar-refractivity contribution in [2.75, 3.05) is 12.4 Å². The Morgan fingerprint density at radius 2 is 1.73 bits per heavy atom. The van der Waals surface area contributed by atoms with Gasteiger partial charge in [-0.1, -0.05) is 42.1 Å². The van der Waals surface area contributed by atoms with Crippen molar-refractivity contribution in [3.8, 4) is 17.2 Å². The number of aromatic nitrogens is 3. The van der Waals surface area contributed by atoms with Gasteiger partial charge in [-0.2, -0.15) is 0 Å². The molecule has 1 aromatic heterocycles. The fourth-order valence-corrected chi connectivity index (χ4v) is 4.04. The smallest absolute Gasteiger partial charge is 0.195 e. The van der Waals surface area contributed by atoms with Gasteiger partial charge in [0.15, 0.2) is 16.7 Å². The minimum absolute atomic E-state index is 0.000184. The number of para-hydroxylation sites is 3. The fourth-order valence-electron chi connectivity index (χ4n) is 3.11. The minimum atomic E-state index is 0.000184. The molecule has 2 heterocycles. The molecule has 1 atom stereocenters. The van der Waals surface area contributed by atoms with Gasteiger partial charge in [-0.25, -0.2) is 0 Å². The standard InChI is InChI=1S/C20H19N3O2S/c1-2-6-15(7-3-1)23-19(14-10-11-14)21-22-20(23)26-13-16-12-24-17-8-4-5-9-18(17)25-16/h1-9,14,16H,10-13H2/t16-/m1/s1. The Balaban J connectivity index is 1.35. The third-order valence-corrected chi connectivity index (χ3v) is 5.64. The van der Waals surface area contributed by atoms with Crippen LogP contribution in [0.2, 0.25) is 0 Å². The Labute approximate surface area is 156 Å². The highest BCUT2D eigenvalue weighted by Crippen LogP contribution is 2.41. The van der Waals surface area contributed by atoms with Crippen LogP contribution >= 0.6 is 11.8 Å². The molecule has 1 aliphatic heterocycles. The van der Waals surface area contributed by atoms with Crippen LogP contribution in [-0.4, -0.2) is 33.2 Å². The van der Waals surface area contributed by atoms with E-state index in [-0.39, 0.29) is 6.10 Å². The number of rotatable bonds is 5. The predicted molar refractivity (Wildman–Crippen MR) is 100 cm³/mol. The van der Waals surface area contributed by atoms with E-state index in [1.54, 1.807) is 11.8 Å². The lowest BCUT2D eigenvalue weighted by Crippen LogP contribution is -2.31. The summed E-state index contributed by atoms with van der Waals surface area (Å²) in [6.45, 7) is 0.555. The molecule has 0 unspecified atom stereocenters. The van der Waals surface area contributed by atoms with Gasteiger partial charge in [-0.3, -0.25) is 4.57 Å². The Hall–Kier alpha value is -2.47. The van der Waals surface area contributed by atoms with E-state index in [1.807, 2.05) is 30.3 Å². The molecule has 1 saturated carbocycles. The highest BCUT2D eigenvalue weighted by molar-refractivity contribution is 7.99. The molecular formula is C20H19N3O2S. The molecule has 2 aliphatic rings. The number of hydrogen-bond acceptors (Lipinski definition) is 5. The van der Waals surface area contributed by atoms with Crippen LogP contribution in [0, 0.1) is 0 Å². The summed E-state index contributed by atoms with van der Waals surface area (Å²) in [6, 6.07) is 18.2. The minimum Gasteiger partial charge on any atom is -0.486 e. The van der Waals surface area contributed by atoms with E-state index in [0.29, 0.717) is 12.5 Å². The molecule has 0 spiro atoms. The third kappa shape index (κ3) is 3.05. The zero-order chi connectivity index (χ0) is 17.3. The molecule has 1 fully saturated rings. The molecular weight excluding hydrogens is 346 g/mol. The van der Waals surface area contributed by atoms with E-state index < -0.39 is 0 Å². The highest BCUT2D eigenvalue weighted by atomic mass is 32.2. The van der Waals surface area contributed by atoms with Crippen LogP contribution in [-0.2, 0) is 0 Å². The second-order valence-corrected chi connectivity index (χ2v) is 7.58. The predicted octanol–water partition coefficient (Wildman–Crippen LogP) is 4.08. The number of hydrogen-bond donors (Lipinski definition) is 0. The fraction of sp³-hybridized carbons (Fsp3) is 0.300. The van der Waals surface area contributed by atoms with Gasteiger partial charge in [-0.05, 0) is 37.1 Å². The van der Waals surface area contributed by atoms with E-state index in [9.17, 15) is 0 Å². The van der Waals surface area contributed by atoms with Gasteiger partial charge in [-0.15, -0.1) is 10.2 Å². The first-order valence-corrected chi connectivity index (χ1v) is 9.89. The summed E-state index contributed by atoms with van der Waals surface area (Å²) < 4.78 is 14.1. The summed E-state index contributed by atoms with van der Waals surface area (Å²) in [5, 5.41) is 9.85.